The lowest BCUT2D eigenvalue weighted by Crippen LogP contribution is -2.16. The summed E-state index contributed by atoms with van der Waals surface area (Å²) >= 11 is 1.97. The van der Waals surface area contributed by atoms with Gasteiger partial charge < -0.3 is 14.4 Å². The number of carbonyl (C=O) groups excluding carboxylic acids is 2. The van der Waals surface area contributed by atoms with Crippen molar-refractivity contribution in [1.29, 1.82) is 0 Å². The number of ether oxygens (including phenoxy) is 2. The average Bonchev–Trinajstić information content (AvgIpc) is 2.72. The van der Waals surface area contributed by atoms with Gasteiger partial charge in [0, 0.05) is 44.3 Å². The summed E-state index contributed by atoms with van der Waals surface area (Å²) in [6.07, 6.45) is 0. The minimum absolute atomic E-state index is 0.153. The van der Waals surface area contributed by atoms with Crippen molar-refractivity contribution in [3.05, 3.63) is 0 Å². The fourth-order valence-corrected chi connectivity index (χ4v) is 2.03. The molecule has 0 saturated carbocycles. The molecule has 0 aliphatic rings. The molecule has 0 unspecified atom stereocenters. The molecule has 0 aromatic carbocycles. The topological polar surface area (TPSA) is 81.6 Å². The maximum absolute atomic E-state index is 11.4. The Bertz CT molecular complexity index is 422. The second-order valence-electron chi connectivity index (χ2n) is 3.29. The van der Waals surface area contributed by atoms with Gasteiger partial charge in [0.05, 0.1) is 0 Å². The van der Waals surface area contributed by atoms with Gasteiger partial charge in [-0.05, 0) is 0 Å². The summed E-state index contributed by atoms with van der Waals surface area (Å²) in [7, 11) is 3.30. The number of esters is 1. The summed E-state index contributed by atoms with van der Waals surface area (Å²) < 4.78 is 13.9. The van der Waals surface area contributed by atoms with Gasteiger partial charge in [-0.15, -0.1) is 0 Å². The van der Waals surface area contributed by atoms with E-state index in [0.717, 1.165) is 23.3 Å². The third kappa shape index (κ3) is 5.32. The molecule has 0 saturated heterocycles. The predicted octanol–water partition coefficient (Wildman–Crippen LogP) is 1.25. The Kier molecular flexibility index (Phi) is 5.86. The molecule has 1 rings (SSSR count). The highest BCUT2D eigenvalue weighted by Gasteiger charge is 2.12. The van der Waals surface area contributed by atoms with Gasteiger partial charge in [0.2, 0.25) is 5.16 Å². The van der Waals surface area contributed by atoms with Crippen molar-refractivity contribution in [2.24, 2.45) is 0 Å². The molecule has 0 N–H and O–H groups in total. The molecule has 0 spiro atoms. The molecule has 0 fully saturated rings. The first kappa shape index (κ1) is 14.7. The van der Waals surface area contributed by atoms with Crippen molar-refractivity contribution in [2.75, 3.05) is 27.3 Å². The standard InChI is InChI=1S/C9H13N3O4S2/c1-6(13)15-4-5-16-8-10-7(11-18-8)17-9(14)12(2)3/h4-5H2,1-3H3. The van der Waals surface area contributed by atoms with Gasteiger partial charge in [-0.2, -0.15) is 9.36 Å². The van der Waals surface area contributed by atoms with E-state index in [4.69, 9.17) is 9.47 Å². The van der Waals surface area contributed by atoms with Crippen LogP contribution < -0.4 is 4.74 Å². The van der Waals surface area contributed by atoms with Crippen molar-refractivity contribution in [2.45, 2.75) is 12.1 Å². The van der Waals surface area contributed by atoms with E-state index in [9.17, 15) is 9.59 Å². The Labute approximate surface area is 113 Å². The van der Waals surface area contributed by atoms with E-state index < -0.39 is 0 Å². The summed E-state index contributed by atoms with van der Waals surface area (Å²) in [4.78, 5) is 27.3. The monoisotopic (exact) mass is 291 g/mol. The zero-order chi connectivity index (χ0) is 13.5. The number of nitrogens with zero attached hydrogens (tertiary/aromatic N) is 3. The Balaban J connectivity index is 2.34. The van der Waals surface area contributed by atoms with Crippen LogP contribution in [-0.4, -0.2) is 52.8 Å². The Morgan fingerprint density at radius 3 is 2.72 bits per heavy atom. The molecule has 18 heavy (non-hydrogen) atoms. The number of hydrogen-bond donors (Lipinski definition) is 0. The Morgan fingerprint density at radius 1 is 1.39 bits per heavy atom. The summed E-state index contributed by atoms with van der Waals surface area (Å²) in [5.74, 6) is -0.358. The highest BCUT2D eigenvalue weighted by atomic mass is 32.2. The third-order valence-electron chi connectivity index (χ3n) is 1.55. The molecule has 0 bridgehead atoms. The smallest absolute Gasteiger partial charge is 0.302 e. The fraction of sp³-hybridized carbons (Fsp3) is 0.556. The molecular weight excluding hydrogens is 278 g/mol. The summed E-state index contributed by atoms with van der Waals surface area (Å²) in [6, 6.07) is 0. The molecule has 0 aliphatic heterocycles. The first-order chi connectivity index (χ1) is 8.49. The molecule has 0 aliphatic carbocycles. The van der Waals surface area contributed by atoms with Crippen LogP contribution in [0.25, 0.3) is 0 Å². The van der Waals surface area contributed by atoms with E-state index in [1.165, 1.54) is 11.8 Å². The average molecular weight is 291 g/mol. The molecule has 0 atom stereocenters. The highest BCUT2D eigenvalue weighted by Crippen LogP contribution is 2.23. The molecule has 1 heterocycles. The molecule has 1 aromatic rings. The minimum Gasteiger partial charge on any atom is -0.465 e. The number of amides is 1. The zero-order valence-corrected chi connectivity index (χ0v) is 11.8. The van der Waals surface area contributed by atoms with Gasteiger partial charge in [-0.3, -0.25) is 9.59 Å². The SMILES string of the molecule is CC(=O)OCCOc1nc(SC(=O)N(C)C)ns1. The van der Waals surface area contributed by atoms with Crippen LogP contribution in [0.1, 0.15) is 6.92 Å². The predicted molar refractivity (Wildman–Crippen MR) is 67.0 cm³/mol. The third-order valence-corrected chi connectivity index (χ3v) is 3.20. The molecular formula is C9H13N3O4S2. The van der Waals surface area contributed by atoms with Gasteiger partial charge in [-0.25, -0.2) is 0 Å². The quantitative estimate of drug-likeness (QED) is 0.459. The van der Waals surface area contributed by atoms with E-state index in [2.05, 4.69) is 9.36 Å². The van der Waals surface area contributed by atoms with E-state index in [0.29, 0.717) is 10.4 Å². The molecule has 9 heteroatoms. The summed E-state index contributed by atoms with van der Waals surface area (Å²) in [5.41, 5.74) is 0. The summed E-state index contributed by atoms with van der Waals surface area (Å²) in [5, 5.41) is 0.539. The van der Waals surface area contributed by atoms with Crippen LogP contribution in [0, 0.1) is 0 Å². The largest absolute Gasteiger partial charge is 0.465 e. The van der Waals surface area contributed by atoms with Crippen LogP contribution in [0.15, 0.2) is 5.16 Å². The first-order valence-corrected chi connectivity index (χ1v) is 6.57. The van der Waals surface area contributed by atoms with Gasteiger partial charge in [0.25, 0.3) is 10.4 Å². The molecule has 0 radical (unpaired) electrons. The lowest BCUT2D eigenvalue weighted by molar-refractivity contribution is -0.141. The minimum atomic E-state index is -0.358. The number of rotatable bonds is 5. The molecule has 100 valence electrons. The van der Waals surface area contributed by atoms with Crippen LogP contribution in [0.2, 0.25) is 0 Å². The van der Waals surface area contributed by atoms with E-state index in [1.807, 2.05) is 0 Å². The number of hydrogen-bond acceptors (Lipinski definition) is 8. The zero-order valence-electron chi connectivity index (χ0n) is 10.2. The van der Waals surface area contributed by atoms with Crippen molar-refractivity contribution in [3.8, 4) is 5.19 Å². The van der Waals surface area contributed by atoms with E-state index in [1.54, 1.807) is 14.1 Å². The van der Waals surface area contributed by atoms with Crippen LogP contribution in [0.5, 0.6) is 5.19 Å². The number of aromatic nitrogens is 2. The van der Waals surface area contributed by atoms with Crippen molar-refractivity contribution >= 4 is 34.5 Å². The van der Waals surface area contributed by atoms with Crippen molar-refractivity contribution in [3.63, 3.8) is 0 Å². The molecule has 1 amide bonds. The lowest BCUT2D eigenvalue weighted by atomic mass is 10.7. The van der Waals surface area contributed by atoms with Crippen LogP contribution in [0.4, 0.5) is 4.79 Å². The first-order valence-electron chi connectivity index (χ1n) is 4.98. The fourth-order valence-electron chi connectivity index (χ4n) is 0.781. The van der Waals surface area contributed by atoms with Crippen LogP contribution >= 0.6 is 23.3 Å². The van der Waals surface area contributed by atoms with Gasteiger partial charge in [0.15, 0.2) is 0 Å². The lowest BCUT2D eigenvalue weighted by Gasteiger charge is -2.06. The van der Waals surface area contributed by atoms with E-state index >= 15 is 0 Å². The van der Waals surface area contributed by atoms with Gasteiger partial charge in [-0.1, -0.05) is 0 Å². The second kappa shape index (κ2) is 7.17. The van der Waals surface area contributed by atoms with E-state index in [-0.39, 0.29) is 24.4 Å². The highest BCUT2D eigenvalue weighted by molar-refractivity contribution is 8.13. The maximum atomic E-state index is 11.4. The van der Waals surface area contributed by atoms with Gasteiger partial charge >= 0.3 is 5.97 Å². The van der Waals surface area contributed by atoms with Gasteiger partial charge in [0.1, 0.15) is 13.2 Å². The Morgan fingerprint density at radius 2 is 2.11 bits per heavy atom. The normalized spacial score (nSPS) is 9.94. The van der Waals surface area contributed by atoms with Crippen molar-refractivity contribution < 1.29 is 19.1 Å². The molecule has 7 nitrogen and oxygen atoms in total. The molecule has 1 aromatic heterocycles. The number of thioether (sulfide) groups is 1. The van der Waals surface area contributed by atoms with Crippen molar-refractivity contribution in [1.82, 2.24) is 14.3 Å². The number of carbonyl (C=O) groups is 2. The maximum Gasteiger partial charge on any atom is 0.302 e. The summed E-state index contributed by atoms with van der Waals surface area (Å²) in [6.45, 7) is 1.70. The van der Waals surface area contributed by atoms with Crippen LogP contribution in [0.3, 0.4) is 0 Å². The van der Waals surface area contributed by atoms with Crippen LogP contribution in [-0.2, 0) is 9.53 Å². The second-order valence-corrected chi connectivity index (χ2v) is 4.93. The Hall–Kier alpha value is -1.35.